The first-order valence-electron chi connectivity index (χ1n) is 21.2. The van der Waals surface area contributed by atoms with E-state index in [0.29, 0.717) is 34.1 Å². The molecule has 2 aromatic heterocycles. The van der Waals surface area contributed by atoms with Gasteiger partial charge in [-0.15, -0.1) is 30.3 Å². The van der Waals surface area contributed by atoms with Gasteiger partial charge in [0.15, 0.2) is 0 Å². The molecule has 0 N–H and O–H groups in total. The third-order valence-electron chi connectivity index (χ3n) is 10.6. The average molecular weight is 964 g/mol. The van der Waals surface area contributed by atoms with Crippen molar-refractivity contribution in [2.24, 2.45) is 0 Å². The van der Waals surface area contributed by atoms with Gasteiger partial charge in [0.2, 0.25) is 0 Å². The number of nitriles is 1. The van der Waals surface area contributed by atoms with Crippen LogP contribution in [0.4, 0.5) is 4.39 Å². The Labute approximate surface area is 369 Å². The maximum atomic E-state index is 12.7. The minimum absolute atomic E-state index is 0. The average Bonchev–Trinajstić information content (AvgIpc) is 3.68. The number of benzene rings is 6. The van der Waals surface area contributed by atoms with Gasteiger partial charge in [0.1, 0.15) is 5.58 Å². The normalized spacial score (nSPS) is 14.3. The Balaban J connectivity index is 0.000000278. The number of furan rings is 1. The minimum Gasteiger partial charge on any atom is -0.683 e. The Bertz CT molecular complexity index is 2990. The number of halogens is 1. The molecule has 0 saturated carbocycles. The molecule has 4 nitrogen and oxygen atoms in total. The molecule has 0 bridgehead atoms. The molecule has 0 amide bonds. The molecule has 9 rings (SSSR count). The van der Waals surface area contributed by atoms with Gasteiger partial charge in [0.25, 0.3) is 0 Å². The van der Waals surface area contributed by atoms with Crippen LogP contribution < -0.4 is 0 Å². The molecule has 0 spiro atoms. The molecule has 0 fully saturated rings. The molecule has 1 atom stereocenters. The number of allylic oxidation sites excluding steroid dienone is 2. The number of pyridine rings is 1. The van der Waals surface area contributed by atoms with Crippen molar-refractivity contribution >= 4 is 21.9 Å². The van der Waals surface area contributed by atoms with Crippen LogP contribution >= 0.6 is 0 Å². The molecule has 6 heteroatoms. The molecule has 0 radical (unpaired) electrons. The molecule has 3 heterocycles. The summed E-state index contributed by atoms with van der Waals surface area (Å²) in [6.07, 6.45) is 6.43. The predicted octanol–water partition coefficient (Wildman–Crippen LogP) is 15.1. The van der Waals surface area contributed by atoms with Crippen LogP contribution in [-0.4, -0.2) is 4.98 Å². The van der Waals surface area contributed by atoms with Gasteiger partial charge < -0.3 is 14.7 Å². The second kappa shape index (κ2) is 18.3. The fourth-order valence-corrected chi connectivity index (χ4v) is 7.70. The van der Waals surface area contributed by atoms with Crippen LogP contribution in [0.15, 0.2) is 162 Å². The molecule has 0 aliphatic carbocycles. The fourth-order valence-electron chi connectivity index (χ4n) is 7.70. The summed E-state index contributed by atoms with van der Waals surface area (Å²) in [6.45, 7) is 6.85. The van der Waals surface area contributed by atoms with Crippen molar-refractivity contribution in [3.8, 4) is 50.7 Å². The Morgan fingerprint density at radius 2 is 1.48 bits per heavy atom. The second-order valence-electron chi connectivity index (χ2n) is 15.2. The Morgan fingerprint density at radius 1 is 0.767 bits per heavy atom. The van der Waals surface area contributed by atoms with Gasteiger partial charge in [-0.1, -0.05) is 141 Å². The van der Waals surface area contributed by atoms with Crippen LogP contribution in [0.5, 0.6) is 0 Å². The number of hydrogen-bond donors (Lipinski definition) is 0. The van der Waals surface area contributed by atoms with Crippen LogP contribution in [0.2, 0.25) is 0 Å². The van der Waals surface area contributed by atoms with Crippen LogP contribution in [0.1, 0.15) is 78.8 Å². The largest absolute Gasteiger partial charge is 3.00 e. The monoisotopic (exact) mass is 964 g/mol. The van der Waals surface area contributed by atoms with Crippen LogP contribution in [0.3, 0.4) is 0 Å². The second-order valence-corrected chi connectivity index (χ2v) is 15.2. The molecule has 60 heavy (non-hydrogen) atoms. The first kappa shape index (κ1) is 37.9. The van der Waals surface area contributed by atoms with Crippen LogP contribution in [0.25, 0.3) is 71.9 Å². The first-order chi connectivity index (χ1) is 29.9. The quantitative estimate of drug-likeness (QED) is 0.150. The maximum absolute atomic E-state index is 12.7. The van der Waals surface area contributed by atoms with Gasteiger partial charge in [-0.2, -0.15) is 29.2 Å². The number of aromatic nitrogens is 1. The van der Waals surface area contributed by atoms with Crippen molar-refractivity contribution in [3.05, 3.63) is 203 Å². The predicted molar refractivity (Wildman–Crippen MR) is 239 cm³/mol. The van der Waals surface area contributed by atoms with Crippen molar-refractivity contribution in [3.63, 3.8) is 0 Å². The molecular formula is C54H43FIrN3O. The van der Waals surface area contributed by atoms with E-state index in [1.165, 1.54) is 41.1 Å². The summed E-state index contributed by atoms with van der Waals surface area (Å²) >= 11 is 0. The van der Waals surface area contributed by atoms with E-state index in [0.717, 1.165) is 49.8 Å². The summed E-state index contributed by atoms with van der Waals surface area (Å²) < 4.78 is 41.1. The van der Waals surface area contributed by atoms with Crippen molar-refractivity contribution in [2.45, 2.75) is 52.4 Å². The zero-order valence-electron chi connectivity index (χ0n) is 36.6. The number of hydrogen-bond acceptors (Lipinski definition) is 3. The number of nitrogens with zero attached hydrogens (tertiary/aromatic N) is 3. The van der Waals surface area contributed by atoms with E-state index in [9.17, 15) is 9.65 Å². The van der Waals surface area contributed by atoms with Gasteiger partial charge >= 0.3 is 20.1 Å². The summed E-state index contributed by atoms with van der Waals surface area (Å²) in [5.74, 6) is 0.412. The summed E-state index contributed by atoms with van der Waals surface area (Å²) in [4.78, 5) is 4.82. The van der Waals surface area contributed by atoms with Crippen LogP contribution in [-0.2, 0) is 20.1 Å². The molecule has 1 aliphatic rings. The topological polar surface area (TPSA) is 63.9 Å². The van der Waals surface area contributed by atoms with Crippen molar-refractivity contribution < 1.29 is 33.0 Å². The molecule has 296 valence electrons. The Kier molecular flexibility index (Phi) is 11.5. The van der Waals surface area contributed by atoms with Crippen molar-refractivity contribution in [1.82, 2.24) is 4.98 Å². The van der Waals surface area contributed by atoms with Gasteiger partial charge in [-0.05, 0) is 81.5 Å². The fraction of sp³-hybridized carbons (Fsp3) is 0.148. The first-order valence-corrected chi connectivity index (χ1v) is 19.7. The van der Waals surface area contributed by atoms with E-state index in [-0.39, 0.29) is 37.5 Å². The van der Waals surface area contributed by atoms with Crippen LogP contribution in [0, 0.1) is 29.3 Å². The Hall–Kier alpha value is -6.38. The number of rotatable bonds is 7. The van der Waals surface area contributed by atoms with Gasteiger partial charge in [-0.25, -0.2) is 0 Å². The van der Waals surface area contributed by atoms with Crippen molar-refractivity contribution in [1.29, 1.82) is 5.26 Å². The third kappa shape index (κ3) is 8.52. The zero-order chi connectivity index (χ0) is 43.5. The Morgan fingerprint density at radius 3 is 2.17 bits per heavy atom. The van der Waals surface area contributed by atoms with E-state index in [1.807, 2.05) is 60.8 Å². The van der Waals surface area contributed by atoms with E-state index in [1.54, 1.807) is 12.1 Å². The molecule has 1 aliphatic heterocycles. The van der Waals surface area contributed by atoms with E-state index < -0.39 is 6.85 Å². The summed E-state index contributed by atoms with van der Waals surface area (Å²) in [5.41, 5.74) is 13.5. The van der Waals surface area contributed by atoms with E-state index >= 15 is 0 Å². The molecule has 6 aromatic carbocycles. The zero-order valence-corrected chi connectivity index (χ0v) is 36.0. The molecular weight excluding hydrogens is 918 g/mol. The van der Waals surface area contributed by atoms with Crippen molar-refractivity contribution in [2.75, 3.05) is 0 Å². The standard InChI is InChI=1S/C42H33N2O.C12H10FN.Ir/c1-26(2)33-15-9-16-34(27(3)4)40(33)31-21-22-44-38(24-31)37-18-10-17-35-36-20-19-32(25-43)39(42(36)45-41(35)37)30-14-8-13-29(23-30)28-11-6-5-7-12-28;1-9-2-7-12(14-8-9)10-3-5-11(13)6-4-10;/h5-17,19-24,26-27H,1-4H3;2-3,5-8,12H,1H3;/q-1;-2;+3/i;1D3;. The number of fused-ring (bicyclic) bond motifs is 3. The summed E-state index contributed by atoms with van der Waals surface area (Å²) in [7, 11) is 0. The molecule has 8 aromatic rings. The molecule has 0 saturated heterocycles. The van der Waals surface area contributed by atoms with Gasteiger partial charge in [0.05, 0.1) is 17.2 Å². The van der Waals surface area contributed by atoms with E-state index in [4.69, 9.17) is 13.5 Å². The molecule has 1 unspecified atom stereocenters. The smallest absolute Gasteiger partial charge is 0.683 e. The van der Waals surface area contributed by atoms with Gasteiger partial charge in [-0.3, -0.25) is 4.39 Å². The maximum Gasteiger partial charge on any atom is 3.00 e. The summed E-state index contributed by atoms with van der Waals surface area (Å²) in [5, 5.41) is 16.2. The SMILES string of the molecule is CC(C)c1cccc(C(C)C)c1-c1ccnc(-c2[c-]ccc3c2oc2c(-c4cccc(-c5ccccc5)c4)c(C#N)ccc23)c1.[2H]C([2H])([2H])C1=C[N-]C(c2[c-]cc(F)cc2)C=C1.[Ir+3]. The summed E-state index contributed by atoms with van der Waals surface area (Å²) in [6, 6.07) is 49.9. The minimum atomic E-state index is -2.14. The van der Waals surface area contributed by atoms with E-state index in [2.05, 4.69) is 106 Å². The van der Waals surface area contributed by atoms with Gasteiger partial charge in [0, 0.05) is 27.1 Å². The third-order valence-corrected chi connectivity index (χ3v) is 10.6.